The van der Waals surface area contributed by atoms with Crippen molar-refractivity contribution < 1.29 is 31.9 Å². The molecule has 0 fully saturated rings. The molecule has 0 bridgehead atoms. The van der Waals surface area contributed by atoms with E-state index in [1.807, 2.05) is 0 Å². The first-order chi connectivity index (χ1) is 18.6. The Morgan fingerprint density at radius 1 is 1.00 bits per heavy atom. The smallest absolute Gasteiger partial charge is 0.434 e. The Bertz CT molecular complexity index is 1580. The van der Waals surface area contributed by atoms with Crippen LogP contribution in [0.2, 0.25) is 5.02 Å². The molecule has 0 spiro atoms. The second-order valence-corrected chi connectivity index (χ2v) is 9.61. The minimum atomic E-state index is -5.10. The zero-order chi connectivity index (χ0) is 29.4. The summed E-state index contributed by atoms with van der Waals surface area (Å²) in [7, 11) is 0. The molecule has 0 aliphatic rings. The summed E-state index contributed by atoms with van der Waals surface area (Å²) in [5, 5.41) is 15.8. The van der Waals surface area contributed by atoms with E-state index < -0.39 is 52.5 Å². The van der Waals surface area contributed by atoms with Gasteiger partial charge in [-0.3, -0.25) is 10.1 Å². The number of carbonyl (C=O) groups is 2. The molecule has 12 nitrogen and oxygen atoms in total. The number of pyridine rings is 2. The minimum Gasteiger partial charge on any atom is -0.444 e. The van der Waals surface area contributed by atoms with E-state index in [-0.39, 0.29) is 22.1 Å². The maximum atomic E-state index is 14.5. The molecule has 4 rings (SSSR count). The summed E-state index contributed by atoms with van der Waals surface area (Å²) in [6, 6.07) is 2.11. The third kappa shape index (κ3) is 6.17. The molecule has 17 heteroatoms. The number of amides is 2. The van der Waals surface area contributed by atoms with Gasteiger partial charge in [0.15, 0.2) is 29.0 Å². The molecule has 2 N–H and O–H groups in total. The van der Waals surface area contributed by atoms with Crippen LogP contribution in [0.15, 0.2) is 36.9 Å². The molecule has 0 saturated heterocycles. The Balaban J connectivity index is 1.68. The molecule has 0 aliphatic carbocycles. The van der Waals surface area contributed by atoms with E-state index in [9.17, 15) is 27.2 Å². The van der Waals surface area contributed by atoms with Gasteiger partial charge in [-0.1, -0.05) is 11.6 Å². The highest BCUT2D eigenvalue weighted by atomic mass is 35.5. The number of alkyl halides is 3. The maximum Gasteiger partial charge on any atom is 0.434 e. The lowest BCUT2D eigenvalue weighted by Gasteiger charge is -2.20. The summed E-state index contributed by atoms with van der Waals surface area (Å²) in [6.45, 7) is 5.99. The van der Waals surface area contributed by atoms with Gasteiger partial charge in [0.1, 0.15) is 5.60 Å². The lowest BCUT2D eigenvalue weighted by Crippen LogP contribution is -2.28. The second-order valence-electron chi connectivity index (χ2n) is 9.20. The summed E-state index contributed by atoms with van der Waals surface area (Å²) >= 11 is 6.17. The minimum absolute atomic E-state index is 0.0110. The largest absolute Gasteiger partial charge is 0.444 e. The molecule has 0 saturated carbocycles. The third-order valence-corrected chi connectivity index (χ3v) is 5.21. The Kier molecular flexibility index (Phi) is 7.47. The Morgan fingerprint density at radius 3 is 2.27 bits per heavy atom. The molecule has 4 aromatic rings. The second kappa shape index (κ2) is 10.5. The van der Waals surface area contributed by atoms with E-state index in [0.717, 1.165) is 17.1 Å². The summed E-state index contributed by atoms with van der Waals surface area (Å²) < 4.78 is 62.6. The fourth-order valence-electron chi connectivity index (χ4n) is 3.39. The van der Waals surface area contributed by atoms with Crippen LogP contribution >= 0.6 is 11.6 Å². The SMILES string of the molecule is Cc1cc(F)c(NC(=O)OC(C)(C)C)nc1-n1ncc(C(=O)Nc2cnc(-n3nccn3)c(Cl)c2)c1C(F)(F)F. The van der Waals surface area contributed by atoms with Crippen molar-refractivity contribution in [2.45, 2.75) is 39.5 Å². The van der Waals surface area contributed by atoms with Gasteiger partial charge in [0.05, 0.1) is 41.1 Å². The van der Waals surface area contributed by atoms with Crippen LogP contribution in [-0.4, -0.2) is 52.3 Å². The molecular formula is C23H20ClF4N9O3. The van der Waals surface area contributed by atoms with Gasteiger partial charge in [0.2, 0.25) is 0 Å². The van der Waals surface area contributed by atoms with Crippen LogP contribution in [-0.2, 0) is 10.9 Å². The lowest BCUT2D eigenvalue weighted by atomic mass is 10.2. The molecule has 0 radical (unpaired) electrons. The highest BCUT2D eigenvalue weighted by Gasteiger charge is 2.41. The average Bonchev–Trinajstić information content (AvgIpc) is 3.50. The molecule has 0 unspecified atom stereocenters. The monoisotopic (exact) mass is 581 g/mol. The van der Waals surface area contributed by atoms with Crippen LogP contribution in [0, 0.1) is 12.7 Å². The Hall–Kier alpha value is -4.60. The summed E-state index contributed by atoms with van der Waals surface area (Å²) in [4.78, 5) is 34.0. The molecule has 4 heterocycles. The molecular weight excluding hydrogens is 562 g/mol. The number of carbonyl (C=O) groups excluding carboxylic acids is 2. The van der Waals surface area contributed by atoms with Crippen molar-refractivity contribution in [1.29, 1.82) is 0 Å². The number of hydrogen-bond donors (Lipinski definition) is 2. The number of anilines is 2. The van der Waals surface area contributed by atoms with Crippen LogP contribution in [0.3, 0.4) is 0 Å². The highest BCUT2D eigenvalue weighted by Crippen LogP contribution is 2.35. The average molecular weight is 582 g/mol. The van der Waals surface area contributed by atoms with Crippen molar-refractivity contribution in [3.8, 4) is 11.6 Å². The van der Waals surface area contributed by atoms with Crippen molar-refractivity contribution in [3.63, 3.8) is 0 Å². The van der Waals surface area contributed by atoms with Gasteiger partial charge in [-0.2, -0.15) is 28.5 Å². The zero-order valence-corrected chi connectivity index (χ0v) is 22.0. The molecule has 210 valence electrons. The summed E-state index contributed by atoms with van der Waals surface area (Å²) in [5.41, 5.74) is -3.38. The number of rotatable bonds is 5. The zero-order valence-electron chi connectivity index (χ0n) is 21.2. The summed E-state index contributed by atoms with van der Waals surface area (Å²) in [5.74, 6) is -3.27. The predicted octanol–water partition coefficient (Wildman–Crippen LogP) is 4.96. The predicted molar refractivity (Wildman–Crippen MR) is 133 cm³/mol. The van der Waals surface area contributed by atoms with Crippen molar-refractivity contribution >= 4 is 35.1 Å². The van der Waals surface area contributed by atoms with Crippen LogP contribution in [0.1, 0.15) is 42.4 Å². The molecule has 0 aliphatic heterocycles. The van der Waals surface area contributed by atoms with E-state index in [0.29, 0.717) is 10.9 Å². The highest BCUT2D eigenvalue weighted by molar-refractivity contribution is 6.32. The lowest BCUT2D eigenvalue weighted by molar-refractivity contribution is -0.143. The van der Waals surface area contributed by atoms with Crippen LogP contribution < -0.4 is 10.6 Å². The first kappa shape index (κ1) is 28.4. The quantitative estimate of drug-likeness (QED) is 0.315. The molecule has 2 amide bonds. The van der Waals surface area contributed by atoms with E-state index in [4.69, 9.17) is 16.3 Å². The normalized spacial score (nSPS) is 11.8. The van der Waals surface area contributed by atoms with Crippen molar-refractivity contribution in [2.24, 2.45) is 0 Å². The number of nitrogens with zero attached hydrogens (tertiary/aromatic N) is 7. The topological polar surface area (TPSA) is 142 Å². The number of hydrogen-bond acceptors (Lipinski definition) is 8. The maximum absolute atomic E-state index is 14.5. The van der Waals surface area contributed by atoms with Crippen molar-refractivity contribution in [3.05, 3.63) is 64.6 Å². The van der Waals surface area contributed by atoms with Gasteiger partial charge in [0.25, 0.3) is 5.91 Å². The number of halogens is 5. The van der Waals surface area contributed by atoms with Gasteiger partial charge in [-0.25, -0.2) is 23.8 Å². The van der Waals surface area contributed by atoms with E-state index >= 15 is 0 Å². The fourth-order valence-corrected chi connectivity index (χ4v) is 3.63. The van der Waals surface area contributed by atoms with E-state index in [1.165, 1.54) is 25.4 Å². The number of nitrogens with one attached hydrogen (secondary N) is 2. The molecule has 0 aromatic carbocycles. The van der Waals surface area contributed by atoms with Crippen LogP contribution in [0.5, 0.6) is 0 Å². The van der Waals surface area contributed by atoms with Gasteiger partial charge in [0, 0.05) is 0 Å². The van der Waals surface area contributed by atoms with Gasteiger partial charge >= 0.3 is 12.3 Å². The van der Waals surface area contributed by atoms with E-state index in [1.54, 1.807) is 20.8 Å². The van der Waals surface area contributed by atoms with Crippen molar-refractivity contribution in [1.82, 2.24) is 34.7 Å². The summed E-state index contributed by atoms with van der Waals surface area (Å²) in [6.07, 6.45) is -1.57. The first-order valence-corrected chi connectivity index (χ1v) is 11.7. The Morgan fingerprint density at radius 2 is 1.68 bits per heavy atom. The first-order valence-electron chi connectivity index (χ1n) is 11.3. The van der Waals surface area contributed by atoms with Gasteiger partial charge in [-0.15, -0.1) is 4.80 Å². The third-order valence-electron chi connectivity index (χ3n) is 4.93. The molecule has 0 atom stereocenters. The van der Waals surface area contributed by atoms with E-state index in [2.05, 4.69) is 35.9 Å². The molecule has 4 aromatic heterocycles. The number of aromatic nitrogens is 7. The van der Waals surface area contributed by atoms with Crippen LogP contribution in [0.25, 0.3) is 11.6 Å². The van der Waals surface area contributed by atoms with Crippen molar-refractivity contribution in [2.75, 3.05) is 10.6 Å². The van der Waals surface area contributed by atoms with Gasteiger partial charge < -0.3 is 10.1 Å². The van der Waals surface area contributed by atoms with Gasteiger partial charge in [-0.05, 0) is 45.4 Å². The fraction of sp³-hybridized carbons (Fsp3) is 0.261. The number of ether oxygens (including phenoxy) is 1. The number of aryl methyl sites for hydroxylation is 1. The standard InChI is InChI=1S/C23H20ClF4N9O3/c1-11-7-15(25)17(35-21(39)40-22(2,3)4)34-18(11)36-16(23(26,27)28)13(10-32-36)20(38)33-12-8-14(24)19(29-9-12)37-30-5-6-31-37/h5-10H,1-4H3,(H,33,38)(H,34,35,39). The van der Waals surface area contributed by atoms with Crippen LogP contribution in [0.4, 0.5) is 33.9 Å². The molecule has 40 heavy (non-hydrogen) atoms. The Labute approximate surface area is 228 Å².